The van der Waals surface area contributed by atoms with Gasteiger partial charge < -0.3 is 29.3 Å². The third-order valence-corrected chi connectivity index (χ3v) is 5.12. The van der Waals surface area contributed by atoms with E-state index in [0.717, 1.165) is 0 Å². The molecule has 4 aromatic rings. The number of hydrogen-bond acceptors (Lipinski definition) is 10. The molecule has 0 saturated heterocycles. The van der Waals surface area contributed by atoms with Crippen LogP contribution in [0.15, 0.2) is 89.1 Å². The van der Waals surface area contributed by atoms with Gasteiger partial charge in [0.15, 0.2) is 10.9 Å². The van der Waals surface area contributed by atoms with Crippen molar-refractivity contribution in [1.82, 2.24) is 0 Å². The quantitative estimate of drug-likeness (QED) is 0.193. The van der Waals surface area contributed by atoms with Gasteiger partial charge in [-0.15, -0.1) is 0 Å². The molecule has 0 unspecified atom stereocenters. The zero-order chi connectivity index (χ0) is 28.0. The minimum atomic E-state index is -0.440. The first kappa shape index (κ1) is 30.6. The zero-order valence-electron chi connectivity index (χ0n) is 21.4. The van der Waals surface area contributed by atoms with Crippen LogP contribution < -0.4 is 10.9 Å². The second-order valence-corrected chi connectivity index (χ2v) is 8.23. The van der Waals surface area contributed by atoms with Crippen LogP contribution in [0, 0.1) is 13.8 Å². The number of aliphatic imine (C=N–C) groups is 2. The Kier molecular flexibility index (Phi) is 10.4. The minimum Gasteiger partial charge on any atom is -0.508 e. The topological polar surface area (TPSA) is 166 Å². The Morgan fingerprint density at radius 1 is 0.615 bits per heavy atom. The van der Waals surface area contributed by atoms with Crippen molar-refractivity contribution in [3.05, 3.63) is 104 Å². The zero-order valence-corrected chi connectivity index (χ0v) is 22.3. The Hall–Kier alpha value is -4.60. The second kappa shape index (κ2) is 13.3. The van der Waals surface area contributed by atoms with Gasteiger partial charge in [0.1, 0.15) is 34.1 Å². The summed E-state index contributed by atoms with van der Waals surface area (Å²) >= 11 is 0. The molecular weight excluding hydrogens is 556 g/mol. The number of nitrogens with zero attached hydrogens (tertiary/aromatic N) is 2. The van der Waals surface area contributed by atoms with Gasteiger partial charge in [0.25, 0.3) is 11.9 Å². The van der Waals surface area contributed by atoms with Crippen molar-refractivity contribution in [3.63, 3.8) is 0 Å². The Bertz CT molecular complexity index is 1500. The molecule has 2 heterocycles. The first-order valence-corrected chi connectivity index (χ1v) is 11.3. The van der Waals surface area contributed by atoms with E-state index in [2.05, 4.69) is 9.98 Å². The van der Waals surface area contributed by atoms with E-state index in [-0.39, 0.29) is 50.6 Å². The molecule has 39 heavy (non-hydrogen) atoms. The van der Waals surface area contributed by atoms with Crippen LogP contribution in [0.1, 0.15) is 36.5 Å². The molecule has 0 bridgehead atoms. The van der Waals surface area contributed by atoms with Crippen molar-refractivity contribution < 1.29 is 46.3 Å². The third-order valence-electron chi connectivity index (χ3n) is 5.12. The van der Waals surface area contributed by atoms with Gasteiger partial charge in [0.05, 0.1) is 22.8 Å². The minimum absolute atomic E-state index is 0. The molecule has 4 rings (SSSR count). The number of aromatic hydroxyl groups is 4. The number of benzene rings is 2. The molecule has 0 atom stereocenters. The number of phenolic OH excluding ortho intramolecular Hbond substituents is 2. The number of rotatable bonds is 4. The van der Waals surface area contributed by atoms with Gasteiger partial charge in [-0.25, -0.2) is 0 Å². The molecule has 1 radical (unpaired) electrons. The van der Waals surface area contributed by atoms with Gasteiger partial charge in [-0.1, -0.05) is 0 Å². The summed E-state index contributed by atoms with van der Waals surface area (Å²) < 4.78 is 10.0. The number of phenols is 2. The predicted molar refractivity (Wildman–Crippen MR) is 143 cm³/mol. The van der Waals surface area contributed by atoms with Gasteiger partial charge in [0, 0.05) is 29.2 Å². The summed E-state index contributed by atoms with van der Waals surface area (Å²) in [5.74, 6) is 0.0611. The normalized spacial score (nSPS) is 11.3. The Morgan fingerprint density at radius 2 is 0.923 bits per heavy atom. The maximum absolute atomic E-state index is 11.8. The van der Waals surface area contributed by atoms with E-state index in [1.54, 1.807) is 52.0 Å². The van der Waals surface area contributed by atoms with Gasteiger partial charge in [-0.3, -0.25) is 19.6 Å². The first-order valence-electron chi connectivity index (χ1n) is 11.3. The van der Waals surface area contributed by atoms with Crippen molar-refractivity contribution in [2.24, 2.45) is 9.98 Å². The number of aryl methyl sites for hydroxylation is 2. The monoisotopic (exact) mass is 581 g/mol. The van der Waals surface area contributed by atoms with E-state index in [1.165, 1.54) is 36.4 Å². The van der Waals surface area contributed by atoms with Crippen LogP contribution in [-0.4, -0.2) is 31.8 Å². The molecule has 2 aromatic heterocycles. The summed E-state index contributed by atoms with van der Waals surface area (Å²) in [6.45, 7) is 6.37. The standard InChI is InChI=1S/2C14H13NO4.Cu/c2*1-8-7-12(17)13(14(18)19-8)9(2)15-10-3-5-11(16)6-4-10;/h2*3-7,16,18H,1-2H3;. The van der Waals surface area contributed by atoms with Crippen molar-refractivity contribution in [2.75, 3.05) is 0 Å². The van der Waals surface area contributed by atoms with E-state index in [1.807, 2.05) is 0 Å². The Balaban J connectivity index is 0.000000267. The summed E-state index contributed by atoms with van der Waals surface area (Å²) in [6.07, 6.45) is 0. The van der Waals surface area contributed by atoms with Crippen molar-refractivity contribution in [1.29, 1.82) is 0 Å². The van der Waals surface area contributed by atoms with Crippen LogP contribution in [0.25, 0.3) is 0 Å². The molecule has 11 heteroatoms. The van der Waals surface area contributed by atoms with Gasteiger partial charge in [0.2, 0.25) is 0 Å². The van der Waals surface area contributed by atoms with Crippen LogP contribution in [0.4, 0.5) is 11.4 Å². The molecule has 4 N–H and O–H groups in total. The predicted octanol–water partition coefficient (Wildman–Crippen LogP) is 5.00. The fourth-order valence-corrected chi connectivity index (χ4v) is 3.41. The van der Waals surface area contributed by atoms with Crippen molar-refractivity contribution in [3.8, 4) is 23.4 Å². The molecule has 0 fully saturated rings. The first-order chi connectivity index (χ1) is 17.9. The smallest absolute Gasteiger partial charge is 0.295 e. The fraction of sp³-hybridized carbons (Fsp3) is 0.143. The second-order valence-electron chi connectivity index (χ2n) is 8.23. The molecular formula is C28H26CuN2O8. The molecule has 0 aliphatic carbocycles. The molecule has 0 spiro atoms. The van der Waals surface area contributed by atoms with Crippen molar-refractivity contribution >= 4 is 22.8 Å². The van der Waals surface area contributed by atoms with E-state index in [4.69, 9.17) is 8.83 Å². The van der Waals surface area contributed by atoms with Crippen LogP contribution in [-0.2, 0) is 17.1 Å². The van der Waals surface area contributed by atoms with Crippen LogP contribution in [0.2, 0.25) is 0 Å². The van der Waals surface area contributed by atoms with E-state index < -0.39 is 11.9 Å². The molecule has 2 aromatic carbocycles. The SMILES string of the molecule is CC(=Nc1ccc(O)cc1)c1c(O)oc(C)cc1=O.CC(=Nc1ccc(O)cc1)c1c(O)oc(C)cc1=O.[Cu]. The summed E-state index contributed by atoms with van der Waals surface area (Å²) in [7, 11) is 0. The van der Waals surface area contributed by atoms with Crippen LogP contribution in [0.3, 0.4) is 0 Å². The van der Waals surface area contributed by atoms with Crippen molar-refractivity contribution in [2.45, 2.75) is 27.7 Å². The Labute approximate surface area is 233 Å². The molecule has 0 aliphatic heterocycles. The summed E-state index contributed by atoms with van der Waals surface area (Å²) in [6, 6.07) is 15.0. The average Bonchev–Trinajstić information content (AvgIpc) is 2.81. The molecule has 10 nitrogen and oxygen atoms in total. The van der Waals surface area contributed by atoms with E-state index >= 15 is 0 Å². The fourth-order valence-electron chi connectivity index (χ4n) is 3.41. The third kappa shape index (κ3) is 8.19. The largest absolute Gasteiger partial charge is 0.508 e. The number of hydrogen-bond donors (Lipinski definition) is 4. The van der Waals surface area contributed by atoms with E-state index in [0.29, 0.717) is 34.3 Å². The summed E-state index contributed by atoms with van der Waals surface area (Å²) in [4.78, 5) is 32.0. The molecule has 0 aliphatic rings. The molecule has 207 valence electrons. The maximum atomic E-state index is 11.8. The Morgan fingerprint density at radius 3 is 1.21 bits per heavy atom. The van der Waals surface area contributed by atoms with Gasteiger partial charge in [-0.2, -0.15) is 0 Å². The van der Waals surface area contributed by atoms with Crippen LogP contribution >= 0.6 is 0 Å². The summed E-state index contributed by atoms with van der Waals surface area (Å²) in [5.41, 5.74) is 1.21. The molecule has 0 saturated carbocycles. The van der Waals surface area contributed by atoms with Crippen LogP contribution in [0.5, 0.6) is 23.4 Å². The molecule has 0 amide bonds. The van der Waals surface area contributed by atoms with Gasteiger partial charge >= 0.3 is 0 Å². The average molecular weight is 582 g/mol. The maximum Gasteiger partial charge on any atom is 0.295 e. The summed E-state index contributed by atoms with van der Waals surface area (Å²) in [5, 5.41) is 37.7. The van der Waals surface area contributed by atoms with E-state index in [9.17, 15) is 30.0 Å². The van der Waals surface area contributed by atoms with Gasteiger partial charge in [-0.05, 0) is 76.2 Å².